The van der Waals surface area contributed by atoms with Crippen LogP contribution >= 0.6 is 0 Å². The number of rotatable bonds is 5. The zero-order valence-corrected chi connectivity index (χ0v) is 14.9. The first-order valence-electron chi connectivity index (χ1n) is 8.14. The third-order valence-electron chi connectivity index (χ3n) is 3.92. The highest BCUT2D eigenvalue weighted by atomic mass is 19.4. The first-order valence-corrected chi connectivity index (χ1v) is 8.14. The molecule has 0 saturated heterocycles. The molecule has 0 heterocycles. The predicted octanol–water partition coefficient (Wildman–Crippen LogP) is 4.24. The molecule has 2 rings (SSSR count). The molecule has 0 aliphatic carbocycles. The summed E-state index contributed by atoms with van der Waals surface area (Å²) in [4.78, 5) is 24.3. The molecular formula is C19H15F6NO3. The van der Waals surface area contributed by atoms with Gasteiger partial charge >= 0.3 is 18.3 Å². The lowest BCUT2D eigenvalue weighted by atomic mass is 10.0. The third kappa shape index (κ3) is 5.97. The molecule has 0 fully saturated rings. The minimum Gasteiger partial charge on any atom is -0.467 e. The van der Waals surface area contributed by atoms with Crippen LogP contribution in [-0.2, 0) is 28.3 Å². The molecule has 0 spiro atoms. The zero-order chi connectivity index (χ0) is 21.8. The SMILES string of the molecule is COC(=O)[C@@H](Cc1ccccc1)NC(=O)c1cc(C(F)(F)F)cc(C(F)(F)F)c1. The maximum Gasteiger partial charge on any atom is 0.416 e. The zero-order valence-electron chi connectivity index (χ0n) is 14.9. The van der Waals surface area contributed by atoms with Crippen LogP contribution in [0.15, 0.2) is 48.5 Å². The second-order valence-electron chi connectivity index (χ2n) is 6.03. The Hall–Kier alpha value is -3.04. The highest BCUT2D eigenvalue weighted by Gasteiger charge is 2.37. The third-order valence-corrected chi connectivity index (χ3v) is 3.92. The number of carbonyl (C=O) groups is 2. The van der Waals surface area contributed by atoms with Gasteiger partial charge in [-0.25, -0.2) is 4.79 Å². The van der Waals surface area contributed by atoms with Crippen molar-refractivity contribution in [1.82, 2.24) is 5.32 Å². The van der Waals surface area contributed by atoms with Gasteiger partial charge in [-0.15, -0.1) is 0 Å². The van der Waals surface area contributed by atoms with Crippen molar-refractivity contribution in [3.8, 4) is 0 Å². The van der Waals surface area contributed by atoms with Gasteiger partial charge in [0.25, 0.3) is 5.91 Å². The first-order chi connectivity index (χ1) is 13.4. The van der Waals surface area contributed by atoms with Crippen LogP contribution in [0.2, 0.25) is 0 Å². The van der Waals surface area contributed by atoms with Crippen LogP contribution in [-0.4, -0.2) is 25.0 Å². The monoisotopic (exact) mass is 419 g/mol. The van der Waals surface area contributed by atoms with Crippen LogP contribution < -0.4 is 5.32 Å². The van der Waals surface area contributed by atoms with Gasteiger partial charge in [-0.2, -0.15) is 26.3 Å². The van der Waals surface area contributed by atoms with E-state index in [1.54, 1.807) is 30.3 Å². The van der Waals surface area contributed by atoms with Crippen molar-refractivity contribution in [2.24, 2.45) is 0 Å². The number of benzene rings is 2. The normalized spacial score (nSPS) is 12.9. The van der Waals surface area contributed by atoms with Gasteiger partial charge in [0.05, 0.1) is 18.2 Å². The summed E-state index contributed by atoms with van der Waals surface area (Å²) in [5, 5.41) is 2.14. The summed E-state index contributed by atoms with van der Waals surface area (Å²) in [6, 6.07) is 7.49. The number of methoxy groups -OCH3 is 1. The molecule has 156 valence electrons. The van der Waals surface area contributed by atoms with Gasteiger partial charge in [0.15, 0.2) is 0 Å². The van der Waals surface area contributed by atoms with Crippen molar-refractivity contribution in [1.29, 1.82) is 0 Å². The number of amides is 1. The minimum atomic E-state index is -5.10. The van der Waals surface area contributed by atoms with E-state index in [1.165, 1.54) is 0 Å². The van der Waals surface area contributed by atoms with Crippen LogP contribution in [0.1, 0.15) is 27.0 Å². The highest BCUT2D eigenvalue weighted by Crippen LogP contribution is 2.36. The lowest BCUT2D eigenvalue weighted by Crippen LogP contribution is -2.43. The Bertz CT molecular complexity index is 845. The Morgan fingerprint density at radius 3 is 1.90 bits per heavy atom. The Balaban J connectivity index is 2.36. The van der Waals surface area contributed by atoms with E-state index in [4.69, 9.17) is 0 Å². The summed E-state index contributed by atoms with van der Waals surface area (Å²) in [6.07, 6.45) is -10.3. The number of nitrogens with one attached hydrogen (secondary N) is 1. The molecule has 2 aromatic rings. The van der Waals surface area contributed by atoms with Gasteiger partial charge in [0.2, 0.25) is 0 Å². The highest BCUT2D eigenvalue weighted by molar-refractivity contribution is 5.97. The van der Waals surface area contributed by atoms with Crippen molar-refractivity contribution >= 4 is 11.9 Å². The summed E-state index contributed by atoms with van der Waals surface area (Å²) < 4.78 is 82.3. The Morgan fingerprint density at radius 1 is 0.931 bits per heavy atom. The van der Waals surface area contributed by atoms with Gasteiger partial charge in [0.1, 0.15) is 6.04 Å². The van der Waals surface area contributed by atoms with Crippen molar-refractivity contribution < 1.29 is 40.7 Å². The van der Waals surface area contributed by atoms with E-state index in [-0.39, 0.29) is 12.5 Å². The van der Waals surface area contributed by atoms with Gasteiger partial charge < -0.3 is 10.1 Å². The molecule has 0 aromatic heterocycles. The standard InChI is InChI=1S/C19H15F6NO3/c1-29-17(28)15(7-11-5-3-2-4-6-11)26-16(27)12-8-13(18(20,21)22)10-14(9-12)19(23,24)25/h2-6,8-10,15H,7H2,1H3,(H,26,27)/t15-/m1/s1. The van der Waals surface area contributed by atoms with Gasteiger partial charge in [-0.1, -0.05) is 30.3 Å². The first kappa shape index (κ1) is 22.3. The molecule has 0 unspecified atom stereocenters. The van der Waals surface area contributed by atoms with Crippen LogP contribution in [0, 0.1) is 0 Å². The molecule has 4 nitrogen and oxygen atoms in total. The second kappa shape index (κ2) is 8.54. The molecule has 1 amide bonds. The fourth-order valence-electron chi connectivity index (χ4n) is 2.51. The molecule has 2 aromatic carbocycles. The Kier molecular flexibility index (Phi) is 6.55. The Labute approximate surface area is 161 Å². The van der Waals surface area contributed by atoms with Crippen LogP contribution in [0.4, 0.5) is 26.3 Å². The molecule has 0 aliphatic heterocycles. The molecule has 0 bridgehead atoms. The molecule has 0 aliphatic rings. The number of esters is 1. The fraction of sp³-hybridized carbons (Fsp3) is 0.263. The lowest BCUT2D eigenvalue weighted by molar-refractivity contribution is -0.144. The van der Waals surface area contributed by atoms with Crippen LogP contribution in [0.5, 0.6) is 0 Å². The summed E-state index contributed by atoms with van der Waals surface area (Å²) >= 11 is 0. The fourth-order valence-corrected chi connectivity index (χ4v) is 2.51. The molecule has 0 saturated carbocycles. The van der Waals surface area contributed by atoms with E-state index in [2.05, 4.69) is 10.1 Å². The second-order valence-corrected chi connectivity index (χ2v) is 6.03. The number of ether oxygens (including phenoxy) is 1. The van der Waals surface area contributed by atoms with E-state index in [0.717, 1.165) is 7.11 Å². The van der Waals surface area contributed by atoms with Crippen molar-refractivity contribution in [2.75, 3.05) is 7.11 Å². The Morgan fingerprint density at radius 2 is 1.45 bits per heavy atom. The summed E-state index contributed by atoms with van der Waals surface area (Å²) in [7, 11) is 1.04. The van der Waals surface area contributed by atoms with Gasteiger partial charge in [-0.05, 0) is 23.8 Å². The van der Waals surface area contributed by atoms with Crippen LogP contribution in [0.3, 0.4) is 0 Å². The van der Waals surface area contributed by atoms with E-state index < -0.39 is 47.0 Å². The predicted molar refractivity (Wildman–Crippen MR) is 89.9 cm³/mol. The topological polar surface area (TPSA) is 55.4 Å². The number of alkyl halides is 6. The average molecular weight is 419 g/mol. The van der Waals surface area contributed by atoms with Gasteiger partial charge in [0, 0.05) is 12.0 Å². The van der Waals surface area contributed by atoms with E-state index in [0.29, 0.717) is 17.7 Å². The molecule has 1 atom stereocenters. The van der Waals surface area contributed by atoms with Crippen molar-refractivity contribution in [3.63, 3.8) is 0 Å². The van der Waals surface area contributed by atoms with Crippen LogP contribution in [0.25, 0.3) is 0 Å². The summed E-state index contributed by atoms with van der Waals surface area (Å²) in [5.41, 5.74) is -3.54. The lowest BCUT2D eigenvalue weighted by Gasteiger charge is -2.18. The molecule has 1 N–H and O–H groups in total. The smallest absolute Gasteiger partial charge is 0.416 e. The number of halogens is 6. The quantitative estimate of drug-likeness (QED) is 0.583. The maximum absolute atomic E-state index is 13.0. The number of hydrogen-bond donors (Lipinski definition) is 1. The largest absolute Gasteiger partial charge is 0.467 e. The molecular weight excluding hydrogens is 404 g/mol. The molecule has 0 radical (unpaired) electrons. The van der Waals surface area contributed by atoms with E-state index >= 15 is 0 Å². The summed E-state index contributed by atoms with van der Waals surface area (Å²) in [6.45, 7) is 0. The maximum atomic E-state index is 13.0. The number of carbonyl (C=O) groups excluding carboxylic acids is 2. The van der Waals surface area contributed by atoms with E-state index in [1.807, 2.05) is 0 Å². The number of hydrogen-bond acceptors (Lipinski definition) is 3. The minimum absolute atomic E-state index is 0.0651. The average Bonchev–Trinajstić information content (AvgIpc) is 2.65. The van der Waals surface area contributed by atoms with E-state index in [9.17, 15) is 35.9 Å². The van der Waals surface area contributed by atoms with Crippen molar-refractivity contribution in [2.45, 2.75) is 24.8 Å². The van der Waals surface area contributed by atoms with Crippen molar-refractivity contribution in [3.05, 3.63) is 70.8 Å². The summed E-state index contributed by atoms with van der Waals surface area (Å²) in [5.74, 6) is -2.17. The molecule has 29 heavy (non-hydrogen) atoms. The molecule has 10 heteroatoms. The van der Waals surface area contributed by atoms with Gasteiger partial charge in [-0.3, -0.25) is 4.79 Å².